The Hall–Kier alpha value is -1.24. The van der Waals surface area contributed by atoms with Crippen molar-refractivity contribution in [1.29, 1.82) is 0 Å². The number of aliphatic hydroxyl groups excluding tert-OH is 4. The fourth-order valence-corrected chi connectivity index (χ4v) is 11.5. The Morgan fingerprint density at radius 1 is 1.02 bits per heavy atom. The normalized spacial score (nSPS) is 50.9. The van der Waals surface area contributed by atoms with Crippen LogP contribution >= 0.6 is 0 Å². The van der Waals surface area contributed by atoms with Crippen molar-refractivity contribution in [1.82, 2.24) is 0 Å². The van der Waals surface area contributed by atoms with Gasteiger partial charge in [-0.05, 0) is 85.9 Å². The molecule has 15 heteroatoms. The van der Waals surface area contributed by atoms with Gasteiger partial charge in [0.15, 0.2) is 6.29 Å². The lowest BCUT2D eigenvalue weighted by molar-refractivity contribution is -0.354. The molecule has 5 fully saturated rings. The van der Waals surface area contributed by atoms with Crippen molar-refractivity contribution in [2.75, 3.05) is 0 Å². The van der Waals surface area contributed by atoms with E-state index >= 15 is 0 Å². The van der Waals surface area contributed by atoms with Crippen LogP contribution in [0.25, 0.3) is 0 Å². The van der Waals surface area contributed by atoms with Gasteiger partial charge in [-0.25, -0.2) is 8.42 Å². The predicted octanol–water partition coefficient (Wildman–Crippen LogP) is -0.255. The maximum absolute atomic E-state index is 12.1. The topological polar surface area (TPSA) is 235 Å². The molecule has 49 heavy (non-hydrogen) atoms. The summed E-state index contributed by atoms with van der Waals surface area (Å²) in [5, 5.41) is 65.7. The summed E-state index contributed by atoms with van der Waals surface area (Å²) >= 11 is 0. The van der Waals surface area contributed by atoms with E-state index in [1.165, 1.54) is 0 Å². The van der Waals surface area contributed by atoms with Crippen LogP contribution in [0.2, 0.25) is 0 Å². The van der Waals surface area contributed by atoms with Crippen LogP contribution < -0.4 is 5.11 Å². The molecule has 18 atom stereocenters. The molecule has 4 aliphatic carbocycles. The lowest BCUT2D eigenvalue weighted by Crippen LogP contribution is -2.63. The number of hydrogen-bond donors (Lipinski definition) is 5. The molecule has 2 saturated heterocycles. The average molecular weight is 717 g/mol. The Morgan fingerprint density at radius 3 is 2.31 bits per heavy atom. The number of ether oxygens (including phenoxy) is 3. The third kappa shape index (κ3) is 6.12. The molecule has 5 N–H and O–H groups in total. The summed E-state index contributed by atoms with van der Waals surface area (Å²) in [5.41, 5.74) is -1.24. The van der Waals surface area contributed by atoms with Crippen LogP contribution in [0.1, 0.15) is 80.1 Å². The van der Waals surface area contributed by atoms with Crippen LogP contribution in [-0.2, 0) is 33.6 Å². The first-order valence-electron chi connectivity index (χ1n) is 17.6. The predicted molar refractivity (Wildman–Crippen MR) is 166 cm³/mol. The van der Waals surface area contributed by atoms with E-state index in [1.807, 2.05) is 27.7 Å². The Balaban J connectivity index is 1.27. The molecule has 3 saturated carbocycles. The van der Waals surface area contributed by atoms with Gasteiger partial charge in [-0.2, -0.15) is 0 Å². The number of aliphatic hydroxyl groups is 5. The number of carbonyl (C=O) groups excluding carboxylic acids is 1. The smallest absolute Gasteiger partial charge is 0.217 e. The highest BCUT2D eigenvalue weighted by atomic mass is 32.3. The molecule has 0 aromatic carbocycles. The molecule has 6 rings (SSSR count). The number of allylic oxidation sites excluding steroid dienone is 2. The van der Waals surface area contributed by atoms with E-state index < -0.39 is 93.8 Å². The molecule has 2 aliphatic heterocycles. The monoisotopic (exact) mass is 716 g/mol. The van der Waals surface area contributed by atoms with E-state index in [1.54, 1.807) is 6.92 Å². The summed E-state index contributed by atoms with van der Waals surface area (Å²) < 4.78 is 59.4. The molecule has 14 nitrogen and oxygen atoms in total. The minimum Gasteiger partial charge on any atom is -0.726 e. The van der Waals surface area contributed by atoms with Gasteiger partial charge in [-0.15, -0.1) is 0 Å². The van der Waals surface area contributed by atoms with Crippen molar-refractivity contribution in [3.8, 4) is 0 Å². The van der Waals surface area contributed by atoms with Crippen molar-refractivity contribution in [2.24, 2.45) is 46.3 Å². The summed E-state index contributed by atoms with van der Waals surface area (Å²) in [5.74, 6) is -2.71. The maximum atomic E-state index is 12.1. The van der Waals surface area contributed by atoms with Crippen molar-refractivity contribution in [3.05, 3.63) is 11.6 Å². The second-order valence-electron chi connectivity index (χ2n) is 16.8. The number of rotatable bonds is 8. The van der Waals surface area contributed by atoms with Gasteiger partial charge in [0.05, 0.1) is 36.0 Å². The highest BCUT2D eigenvalue weighted by molar-refractivity contribution is 7.80. The SMILES string of the molecule is CC(C)[C@@H](C)[C@H](O)[C@@H]1O[C@H]2C[C@H]3[C@@H]4C[C@H](OS(=O)(=O)[O-])[C@H]5C[C@@H](O[C@@H]6O[C@H](C(=O)[O-])[C@@H](O)[C@H](O)[C@H]6O)CC[C@]5(C)C4=CC[C@]3(C)[C@H]2[C@@]1(C)O. The second-order valence-corrected chi connectivity index (χ2v) is 17.8. The lowest BCUT2D eigenvalue weighted by Gasteiger charge is -2.59. The number of hydrogen-bond acceptors (Lipinski definition) is 14. The Bertz CT molecular complexity index is 1420. The minimum absolute atomic E-state index is 0.0259. The molecule has 0 unspecified atom stereocenters. The molecule has 0 amide bonds. The van der Waals surface area contributed by atoms with Crippen molar-refractivity contribution in [2.45, 2.75) is 147 Å². The molecule has 2 heterocycles. The average Bonchev–Trinajstić information content (AvgIpc) is 3.46. The molecule has 0 aromatic rings. The number of carbonyl (C=O) groups is 1. The van der Waals surface area contributed by atoms with Crippen molar-refractivity contribution in [3.63, 3.8) is 0 Å². The van der Waals surface area contributed by atoms with Gasteiger partial charge in [-0.1, -0.05) is 46.3 Å². The molecule has 0 radical (unpaired) electrons. The molecule has 0 bridgehead atoms. The van der Waals surface area contributed by atoms with Gasteiger partial charge in [-0.3, -0.25) is 4.18 Å². The zero-order valence-corrected chi connectivity index (χ0v) is 29.7. The summed E-state index contributed by atoms with van der Waals surface area (Å²) in [4.78, 5) is 11.5. The summed E-state index contributed by atoms with van der Waals surface area (Å²) in [6, 6.07) is 0. The van der Waals surface area contributed by atoms with E-state index in [4.69, 9.17) is 18.4 Å². The Labute approximate surface area is 287 Å². The first-order valence-corrected chi connectivity index (χ1v) is 18.9. The highest BCUT2D eigenvalue weighted by Gasteiger charge is 2.70. The number of carboxylic acids is 1. The lowest BCUT2D eigenvalue weighted by atomic mass is 9.47. The summed E-state index contributed by atoms with van der Waals surface area (Å²) in [7, 11) is -5.13. The third-order valence-corrected chi connectivity index (χ3v) is 14.3. The molecule has 280 valence electrons. The molecule has 0 spiro atoms. The summed E-state index contributed by atoms with van der Waals surface area (Å²) in [6.45, 7) is 11.9. The van der Waals surface area contributed by atoms with Crippen LogP contribution in [0.3, 0.4) is 0 Å². The van der Waals surface area contributed by atoms with Gasteiger partial charge in [0.2, 0.25) is 10.4 Å². The van der Waals surface area contributed by atoms with E-state index in [2.05, 4.69) is 13.0 Å². The van der Waals surface area contributed by atoms with E-state index in [-0.39, 0.29) is 48.5 Å². The summed E-state index contributed by atoms with van der Waals surface area (Å²) in [6.07, 6.45) is -8.08. The first-order chi connectivity index (χ1) is 22.6. The number of fused-ring (bicyclic) bond motifs is 7. The van der Waals surface area contributed by atoms with E-state index in [9.17, 15) is 48.4 Å². The fourth-order valence-electron chi connectivity index (χ4n) is 11.0. The largest absolute Gasteiger partial charge is 0.726 e. The second kappa shape index (κ2) is 12.7. The molecular formula is C34H52O14S-2. The molecular weight excluding hydrogens is 664 g/mol. The molecule has 0 aromatic heterocycles. The van der Waals surface area contributed by atoms with Crippen LogP contribution in [0, 0.1) is 46.3 Å². The van der Waals surface area contributed by atoms with Crippen molar-refractivity contribution >= 4 is 16.4 Å². The fraction of sp³-hybridized carbons (Fsp3) is 0.912. The van der Waals surface area contributed by atoms with E-state index in [0.717, 1.165) is 5.57 Å². The van der Waals surface area contributed by atoms with Gasteiger partial charge < -0.3 is 54.2 Å². The quantitative estimate of drug-likeness (QED) is 0.0943. The maximum Gasteiger partial charge on any atom is 0.217 e. The standard InChI is InChI=1S/C34H54O14S/c1-14(2)15(3)23(35)29-34(6,41)28-22(46-29)13-19-17-12-21(48-49(42,43)44)20-11-16(7-9-32(20,4)18(17)8-10-33(19,28)5)45-31-26(38)24(36)25(37)27(47-31)30(39)40/h8,14-17,19-29,31,35-38,41H,7,9-13H2,1-6H3,(H,39,40)(H,42,43,44)/p-2/t15-,16+,17-,19+,20-,21+,22+,23+,24+,25+,26-,27+,28+,29+,31-,32-,33+,34-/m1/s1. The minimum atomic E-state index is -5.13. The Morgan fingerprint density at radius 2 is 1.69 bits per heavy atom. The van der Waals surface area contributed by atoms with Gasteiger partial charge in [0, 0.05) is 5.92 Å². The molecule has 6 aliphatic rings. The van der Waals surface area contributed by atoms with Crippen molar-refractivity contribution < 1.29 is 66.8 Å². The van der Waals surface area contributed by atoms with Crippen LogP contribution in [0.5, 0.6) is 0 Å². The van der Waals surface area contributed by atoms with Crippen LogP contribution in [0.15, 0.2) is 11.6 Å². The highest BCUT2D eigenvalue weighted by Crippen LogP contribution is 2.69. The van der Waals surface area contributed by atoms with Gasteiger partial charge >= 0.3 is 0 Å². The third-order valence-electron chi connectivity index (χ3n) is 13.8. The van der Waals surface area contributed by atoms with E-state index in [0.29, 0.717) is 25.7 Å². The van der Waals surface area contributed by atoms with Gasteiger partial charge in [0.1, 0.15) is 30.5 Å². The number of aliphatic carboxylic acids is 1. The van der Waals surface area contributed by atoms with Gasteiger partial charge in [0.25, 0.3) is 0 Å². The van der Waals surface area contributed by atoms with Crippen LogP contribution in [0.4, 0.5) is 0 Å². The number of carboxylic acid groups (broad SMARTS) is 1. The first kappa shape index (κ1) is 37.5. The van der Waals surface area contributed by atoms with Crippen LogP contribution in [-0.4, -0.2) is 111 Å². The Kier molecular flexibility index (Phi) is 9.73. The zero-order chi connectivity index (χ0) is 36.2. The zero-order valence-electron chi connectivity index (χ0n) is 28.9.